The minimum atomic E-state index is -1.07. The van der Waals surface area contributed by atoms with Gasteiger partial charge < -0.3 is 10.4 Å². The first-order chi connectivity index (χ1) is 8.15. The van der Waals surface area contributed by atoms with Gasteiger partial charge in [0, 0.05) is 18.4 Å². The first-order valence-electron chi connectivity index (χ1n) is 5.16. The molecule has 1 heterocycles. The van der Waals surface area contributed by atoms with Gasteiger partial charge in [0.2, 0.25) is 0 Å². The van der Waals surface area contributed by atoms with E-state index in [0.717, 1.165) is 0 Å². The maximum absolute atomic E-state index is 12.7. The van der Waals surface area contributed by atoms with Crippen molar-refractivity contribution in [3.63, 3.8) is 0 Å². The number of benzene rings is 1. The van der Waals surface area contributed by atoms with Crippen LogP contribution < -0.4 is 10.6 Å². The zero-order chi connectivity index (χ0) is 12.3. The molecule has 3 N–H and O–H groups in total. The van der Waals surface area contributed by atoms with Gasteiger partial charge in [-0.25, -0.2) is 9.18 Å². The van der Waals surface area contributed by atoms with Crippen LogP contribution in [0.3, 0.4) is 0 Å². The lowest BCUT2D eigenvalue weighted by Crippen LogP contribution is -2.42. The largest absolute Gasteiger partial charge is 0.478 e. The van der Waals surface area contributed by atoms with E-state index in [9.17, 15) is 9.18 Å². The van der Waals surface area contributed by atoms with Crippen LogP contribution in [0.2, 0.25) is 0 Å². The minimum Gasteiger partial charge on any atom is -0.478 e. The molecule has 0 bridgehead atoms. The second-order valence-electron chi connectivity index (χ2n) is 3.66. The second kappa shape index (κ2) is 4.92. The Morgan fingerprint density at radius 1 is 1.59 bits per heavy atom. The summed E-state index contributed by atoms with van der Waals surface area (Å²) in [5, 5.41) is 14.6. The zero-order valence-electron chi connectivity index (χ0n) is 8.93. The van der Waals surface area contributed by atoms with E-state index >= 15 is 0 Å². The van der Waals surface area contributed by atoms with Crippen molar-refractivity contribution < 1.29 is 14.3 Å². The molecule has 0 fully saturated rings. The summed E-state index contributed by atoms with van der Waals surface area (Å²) in [5.41, 5.74) is 0.815. The Morgan fingerprint density at radius 3 is 3.06 bits per heavy atom. The summed E-state index contributed by atoms with van der Waals surface area (Å²) >= 11 is 0. The van der Waals surface area contributed by atoms with E-state index in [0.29, 0.717) is 5.69 Å². The van der Waals surface area contributed by atoms with Crippen LogP contribution in [0, 0.1) is 0 Å². The van der Waals surface area contributed by atoms with E-state index in [1.807, 2.05) is 0 Å². The van der Waals surface area contributed by atoms with E-state index in [4.69, 9.17) is 5.11 Å². The van der Waals surface area contributed by atoms with Crippen molar-refractivity contribution in [3.8, 4) is 0 Å². The SMILES string of the molecule is O=C(O)c1cccc(NC2N=CC(F)CN2)c1. The fourth-order valence-corrected chi connectivity index (χ4v) is 1.50. The number of hydrogen-bond acceptors (Lipinski definition) is 4. The van der Waals surface area contributed by atoms with Gasteiger partial charge in [-0.1, -0.05) is 6.07 Å². The third-order valence-corrected chi connectivity index (χ3v) is 2.32. The summed E-state index contributed by atoms with van der Waals surface area (Å²) in [5.74, 6) is -0.988. The number of nitrogens with one attached hydrogen (secondary N) is 2. The minimum absolute atomic E-state index is 0.193. The highest BCUT2D eigenvalue weighted by atomic mass is 19.1. The predicted octanol–water partition coefficient (Wildman–Crippen LogP) is 1.09. The number of aliphatic imine (C=N–C) groups is 1. The van der Waals surface area contributed by atoms with Crippen LogP contribution in [0.5, 0.6) is 0 Å². The summed E-state index contributed by atoms with van der Waals surface area (Å²) in [6.45, 7) is 0.194. The average molecular weight is 237 g/mol. The lowest BCUT2D eigenvalue weighted by atomic mass is 10.2. The van der Waals surface area contributed by atoms with Crippen LogP contribution >= 0.6 is 0 Å². The molecule has 0 amide bonds. The average Bonchev–Trinajstić information content (AvgIpc) is 2.32. The van der Waals surface area contributed by atoms with Crippen LogP contribution in [-0.2, 0) is 0 Å². The van der Waals surface area contributed by atoms with Gasteiger partial charge in [-0.15, -0.1) is 0 Å². The monoisotopic (exact) mass is 237 g/mol. The Hall–Kier alpha value is -1.95. The predicted molar refractivity (Wildman–Crippen MR) is 62.2 cm³/mol. The van der Waals surface area contributed by atoms with Crippen molar-refractivity contribution in [1.29, 1.82) is 0 Å². The molecule has 5 nitrogen and oxygen atoms in total. The molecule has 0 spiro atoms. The van der Waals surface area contributed by atoms with Crippen molar-refractivity contribution >= 4 is 17.9 Å². The molecule has 6 heteroatoms. The van der Waals surface area contributed by atoms with Crippen LogP contribution in [0.15, 0.2) is 29.3 Å². The molecule has 1 aromatic rings. The molecule has 0 aliphatic carbocycles. The number of rotatable bonds is 3. The number of carboxylic acid groups (broad SMARTS) is 1. The second-order valence-corrected chi connectivity index (χ2v) is 3.66. The van der Waals surface area contributed by atoms with Gasteiger partial charge in [0.15, 0.2) is 6.29 Å². The van der Waals surface area contributed by atoms with E-state index < -0.39 is 18.4 Å². The third-order valence-electron chi connectivity index (χ3n) is 2.32. The maximum Gasteiger partial charge on any atom is 0.335 e. The van der Waals surface area contributed by atoms with Gasteiger partial charge in [-0.3, -0.25) is 10.3 Å². The Kier molecular flexibility index (Phi) is 3.34. The Bertz CT molecular complexity index is 450. The van der Waals surface area contributed by atoms with Crippen molar-refractivity contribution in [2.75, 3.05) is 11.9 Å². The fourth-order valence-electron chi connectivity index (χ4n) is 1.50. The number of alkyl halides is 1. The van der Waals surface area contributed by atoms with Crippen molar-refractivity contribution in [3.05, 3.63) is 29.8 Å². The molecular formula is C11H12FN3O2. The van der Waals surface area contributed by atoms with E-state index in [1.165, 1.54) is 18.3 Å². The fraction of sp³-hybridized carbons (Fsp3) is 0.273. The lowest BCUT2D eigenvalue weighted by Gasteiger charge is -2.21. The molecule has 0 radical (unpaired) electrons. The molecule has 1 aliphatic heterocycles. The molecule has 2 unspecified atom stereocenters. The molecular weight excluding hydrogens is 225 g/mol. The summed E-state index contributed by atoms with van der Waals surface area (Å²) < 4.78 is 12.7. The van der Waals surface area contributed by atoms with Gasteiger partial charge in [0.25, 0.3) is 0 Å². The van der Waals surface area contributed by atoms with Gasteiger partial charge in [0.1, 0.15) is 6.17 Å². The maximum atomic E-state index is 12.7. The Morgan fingerprint density at radius 2 is 2.41 bits per heavy atom. The number of halogens is 1. The quantitative estimate of drug-likeness (QED) is 0.735. The van der Waals surface area contributed by atoms with Gasteiger partial charge >= 0.3 is 5.97 Å². The number of carboxylic acids is 1. The molecule has 90 valence electrons. The highest BCUT2D eigenvalue weighted by Crippen LogP contribution is 2.12. The normalized spacial score (nSPS) is 23.4. The molecule has 17 heavy (non-hydrogen) atoms. The smallest absolute Gasteiger partial charge is 0.335 e. The van der Waals surface area contributed by atoms with Gasteiger partial charge in [0.05, 0.1) is 5.56 Å². The number of hydrogen-bond donors (Lipinski definition) is 3. The van der Waals surface area contributed by atoms with Crippen molar-refractivity contribution in [2.45, 2.75) is 12.5 Å². The van der Waals surface area contributed by atoms with Gasteiger partial charge in [-0.05, 0) is 18.2 Å². The summed E-state index contributed by atoms with van der Waals surface area (Å²) in [6, 6.07) is 6.37. The van der Waals surface area contributed by atoms with Gasteiger partial charge in [-0.2, -0.15) is 0 Å². The molecule has 0 saturated heterocycles. The highest BCUT2D eigenvalue weighted by Gasteiger charge is 2.14. The number of aromatic carboxylic acids is 1. The zero-order valence-corrected chi connectivity index (χ0v) is 8.93. The van der Waals surface area contributed by atoms with E-state index in [-0.39, 0.29) is 12.1 Å². The lowest BCUT2D eigenvalue weighted by molar-refractivity contribution is 0.0697. The van der Waals surface area contributed by atoms with Crippen LogP contribution in [0.4, 0.5) is 10.1 Å². The summed E-state index contributed by atoms with van der Waals surface area (Å²) in [7, 11) is 0. The van der Waals surface area contributed by atoms with Crippen molar-refractivity contribution in [1.82, 2.24) is 5.32 Å². The first kappa shape index (κ1) is 11.5. The molecule has 0 aromatic heterocycles. The molecule has 1 aromatic carbocycles. The highest BCUT2D eigenvalue weighted by molar-refractivity contribution is 5.88. The first-order valence-corrected chi connectivity index (χ1v) is 5.16. The van der Waals surface area contributed by atoms with E-state index in [1.54, 1.807) is 12.1 Å². The molecule has 2 atom stereocenters. The Balaban J connectivity index is 2.06. The van der Waals surface area contributed by atoms with Crippen LogP contribution in [0.1, 0.15) is 10.4 Å². The van der Waals surface area contributed by atoms with Crippen LogP contribution in [-0.4, -0.2) is 36.3 Å². The summed E-state index contributed by atoms with van der Waals surface area (Å²) in [6.07, 6.45) is -0.265. The Labute approximate surface area is 97.4 Å². The standard InChI is InChI=1S/C11H12FN3O2/c12-8-5-13-11(14-6-8)15-9-3-1-2-7(4-9)10(16)17/h1-5,8,11,14-15H,6H2,(H,16,17). The van der Waals surface area contributed by atoms with E-state index in [2.05, 4.69) is 15.6 Å². The van der Waals surface area contributed by atoms with Crippen molar-refractivity contribution in [2.24, 2.45) is 4.99 Å². The number of anilines is 1. The molecule has 2 rings (SSSR count). The third kappa shape index (κ3) is 3.01. The van der Waals surface area contributed by atoms with Crippen LogP contribution in [0.25, 0.3) is 0 Å². The molecule has 0 saturated carbocycles. The molecule has 1 aliphatic rings. The number of carbonyl (C=O) groups is 1. The summed E-state index contributed by atoms with van der Waals surface area (Å²) in [4.78, 5) is 14.7. The topological polar surface area (TPSA) is 73.7 Å². The number of nitrogens with zero attached hydrogens (tertiary/aromatic N) is 1.